The predicted molar refractivity (Wildman–Crippen MR) is 106 cm³/mol. The molecule has 1 heterocycles. The first-order valence-electron chi connectivity index (χ1n) is 9.33. The number of aliphatic imine (C=N–C) groups is 1. The number of benzene rings is 1. The second kappa shape index (κ2) is 12.8. The van der Waals surface area contributed by atoms with Crippen LogP contribution >= 0.6 is 0 Å². The third kappa shape index (κ3) is 8.29. The van der Waals surface area contributed by atoms with E-state index in [-0.39, 0.29) is 0 Å². The molecule has 6 nitrogen and oxygen atoms in total. The largest absolute Gasteiger partial charge is 0.381 e. The summed E-state index contributed by atoms with van der Waals surface area (Å²) in [6.07, 6.45) is 3.15. The molecule has 146 valence electrons. The fourth-order valence-corrected chi connectivity index (χ4v) is 3.70. The molecule has 26 heavy (non-hydrogen) atoms. The van der Waals surface area contributed by atoms with Crippen molar-refractivity contribution in [2.75, 3.05) is 52.3 Å². The summed E-state index contributed by atoms with van der Waals surface area (Å²) in [5.41, 5.74) is 0. The number of nitrogens with one attached hydrogen (secondary N) is 2. The Morgan fingerprint density at radius 3 is 2.69 bits per heavy atom. The fourth-order valence-electron chi connectivity index (χ4n) is 2.72. The molecule has 1 aliphatic rings. The zero-order valence-electron chi connectivity index (χ0n) is 15.6. The molecule has 2 rings (SSSR count). The van der Waals surface area contributed by atoms with Gasteiger partial charge in [0, 0.05) is 57.2 Å². The van der Waals surface area contributed by atoms with Crippen LogP contribution in [0.2, 0.25) is 0 Å². The molecule has 1 aromatic carbocycles. The van der Waals surface area contributed by atoms with Crippen molar-refractivity contribution in [1.29, 1.82) is 0 Å². The van der Waals surface area contributed by atoms with Gasteiger partial charge < -0.3 is 20.1 Å². The molecule has 1 saturated heterocycles. The number of guanidine groups is 1. The summed E-state index contributed by atoms with van der Waals surface area (Å²) < 4.78 is 23.3. The van der Waals surface area contributed by atoms with Crippen molar-refractivity contribution in [2.24, 2.45) is 10.9 Å². The highest BCUT2D eigenvalue weighted by atomic mass is 32.2. The molecule has 0 spiro atoms. The second-order valence-electron chi connectivity index (χ2n) is 6.27. The summed E-state index contributed by atoms with van der Waals surface area (Å²) in [6, 6.07) is 9.53. The van der Waals surface area contributed by atoms with Crippen LogP contribution in [0, 0.1) is 5.92 Å². The summed E-state index contributed by atoms with van der Waals surface area (Å²) in [4.78, 5) is 5.05. The van der Waals surface area contributed by atoms with E-state index in [1.165, 1.54) is 0 Å². The van der Waals surface area contributed by atoms with Gasteiger partial charge in [-0.2, -0.15) is 0 Å². The fraction of sp³-hybridized carbons (Fsp3) is 0.632. The maximum Gasteiger partial charge on any atom is 0.191 e. The highest BCUT2D eigenvalue weighted by Crippen LogP contribution is 2.14. The SMILES string of the molecule is CN=C(NCCCOCC1CCOCC1)NCCS(=O)c1ccccc1. The van der Waals surface area contributed by atoms with Crippen LogP contribution in [0.3, 0.4) is 0 Å². The molecule has 0 bridgehead atoms. The zero-order chi connectivity index (χ0) is 18.5. The Morgan fingerprint density at radius 2 is 1.96 bits per heavy atom. The average molecular weight is 382 g/mol. The maximum atomic E-state index is 12.2. The summed E-state index contributed by atoms with van der Waals surface area (Å²) in [7, 11) is 0.752. The van der Waals surface area contributed by atoms with Gasteiger partial charge >= 0.3 is 0 Å². The van der Waals surface area contributed by atoms with E-state index in [0.717, 1.165) is 63.1 Å². The van der Waals surface area contributed by atoms with E-state index in [4.69, 9.17) is 9.47 Å². The van der Waals surface area contributed by atoms with Crippen LogP contribution in [-0.4, -0.2) is 62.5 Å². The second-order valence-corrected chi connectivity index (χ2v) is 7.84. The van der Waals surface area contributed by atoms with E-state index >= 15 is 0 Å². The van der Waals surface area contributed by atoms with Crippen molar-refractivity contribution in [3.63, 3.8) is 0 Å². The molecule has 1 fully saturated rings. The Morgan fingerprint density at radius 1 is 1.23 bits per heavy atom. The molecular weight excluding hydrogens is 350 g/mol. The van der Waals surface area contributed by atoms with E-state index in [1.54, 1.807) is 7.05 Å². The van der Waals surface area contributed by atoms with E-state index < -0.39 is 10.8 Å². The lowest BCUT2D eigenvalue weighted by molar-refractivity contribution is 0.0203. The van der Waals surface area contributed by atoms with Crippen LogP contribution in [0.1, 0.15) is 19.3 Å². The summed E-state index contributed by atoms with van der Waals surface area (Å²) >= 11 is 0. The number of nitrogens with zero attached hydrogens (tertiary/aromatic N) is 1. The molecule has 1 aromatic rings. The van der Waals surface area contributed by atoms with Gasteiger partial charge in [0.05, 0.1) is 10.8 Å². The number of rotatable bonds is 10. The quantitative estimate of drug-likeness (QED) is 0.367. The van der Waals surface area contributed by atoms with Crippen molar-refractivity contribution in [2.45, 2.75) is 24.2 Å². The molecule has 0 amide bonds. The van der Waals surface area contributed by atoms with Crippen LogP contribution in [0.5, 0.6) is 0 Å². The molecule has 7 heteroatoms. The molecule has 1 unspecified atom stereocenters. The molecule has 0 aromatic heterocycles. The van der Waals surface area contributed by atoms with E-state index in [0.29, 0.717) is 18.2 Å². The molecular formula is C19H31N3O3S. The first-order chi connectivity index (χ1) is 12.8. The third-order valence-corrected chi connectivity index (χ3v) is 5.63. The van der Waals surface area contributed by atoms with Gasteiger partial charge in [-0.25, -0.2) is 0 Å². The first kappa shape index (κ1) is 20.9. The van der Waals surface area contributed by atoms with Crippen LogP contribution < -0.4 is 10.6 Å². The molecule has 0 aliphatic carbocycles. The van der Waals surface area contributed by atoms with Crippen molar-refractivity contribution in [1.82, 2.24) is 10.6 Å². The van der Waals surface area contributed by atoms with Crippen molar-refractivity contribution in [3.05, 3.63) is 30.3 Å². The monoisotopic (exact) mass is 381 g/mol. The third-order valence-electron chi connectivity index (χ3n) is 4.26. The molecule has 0 saturated carbocycles. The topological polar surface area (TPSA) is 72.0 Å². The van der Waals surface area contributed by atoms with Gasteiger partial charge in [-0.1, -0.05) is 18.2 Å². The van der Waals surface area contributed by atoms with Crippen molar-refractivity contribution >= 4 is 16.8 Å². The lowest BCUT2D eigenvalue weighted by atomic mass is 10.0. The van der Waals surface area contributed by atoms with Crippen LogP contribution in [0.4, 0.5) is 0 Å². The van der Waals surface area contributed by atoms with Gasteiger partial charge in [0.25, 0.3) is 0 Å². The van der Waals surface area contributed by atoms with E-state index in [1.807, 2.05) is 30.3 Å². The van der Waals surface area contributed by atoms with Crippen LogP contribution in [0.25, 0.3) is 0 Å². The molecule has 0 radical (unpaired) electrons. The predicted octanol–water partition coefficient (Wildman–Crippen LogP) is 1.79. The maximum absolute atomic E-state index is 12.2. The lowest BCUT2D eigenvalue weighted by Gasteiger charge is -2.21. The van der Waals surface area contributed by atoms with Crippen LogP contribution in [0.15, 0.2) is 40.2 Å². The van der Waals surface area contributed by atoms with Gasteiger partial charge in [0.2, 0.25) is 0 Å². The van der Waals surface area contributed by atoms with Crippen LogP contribution in [-0.2, 0) is 20.3 Å². The summed E-state index contributed by atoms with van der Waals surface area (Å²) in [5, 5.41) is 6.47. The van der Waals surface area contributed by atoms with E-state index in [2.05, 4.69) is 15.6 Å². The number of ether oxygens (including phenoxy) is 2. The Hall–Kier alpha value is -1.44. The van der Waals surface area contributed by atoms with Gasteiger partial charge in [0.1, 0.15) is 0 Å². The Balaban J connectivity index is 1.50. The first-order valence-corrected chi connectivity index (χ1v) is 10.6. The van der Waals surface area contributed by atoms with E-state index in [9.17, 15) is 4.21 Å². The minimum absolute atomic E-state index is 0.554. The molecule has 1 aliphatic heterocycles. The average Bonchev–Trinajstić information content (AvgIpc) is 2.70. The van der Waals surface area contributed by atoms with Crippen molar-refractivity contribution in [3.8, 4) is 0 Å². The Kier molecular flexibility index (Phi) is 10.3. The standard InChI is InChI=1S/C19H31N3O3S/c1-20-19(22-11-15-26(23)18-6-3-2-4-7-18)21-10-5-12-25-16-17-8-13-24-14-9-17/h2-4,6-7,17H,5,8-16H2,1H3,(H2,20,21,22). The van der Waals surface area contributed by atoms with Gasteiger partial charge in [-0.15, -0.1) is 0 Å². The van der Waals surface area contributed by atoms with Gasteiger partial charge in [-0.3, -0.25) is 9.20 Å². The van der Waals surface area contributed by atoms with Crippen molar-refractivity contribution < 1.29 is 13.7 Å². The van der Waals surface area contributed by atoms with Gasteiger partial charge in [-0.05, 0) is 37.3 Å². The minimum Gasteiger partial charge on any atom is -0.381 e. The normalized spacial score (nSPS) is 17.0. The Bertz CT molecular complexity index is 548. The zero-order valence-corrected chi connectivity index (χ0v) is 16.4. The smallest absolute Gasteiger partial charge is 0.191 e. The summed E-state index contributed by atoms with van der Waals surface area (Å²) in [5.74, 6) is 1.94. The lowest BCUT2D eigenvalue weighted by Crippen LogP contribution is -2.39. The highest BCUT2D eigenvalue weighted by molar-refractivity contribution is 7.85. The number of hydrogen-bond acceptors (Lipinski definition) is 4. The highest BCUT2D eigenvalue weighted by Gasteiger charge is 2.13. The minimum atomic E-state index is -0.989. The Labute approximate surface area is 159 Å². The summed E-state index contributed by atoms with van der Waals surface area (Å²) in [6.45, 7) is 4.73. The van der Waals surface area contributed by atoms with Gasteiger partial charge in [0.15, 0.2) is 5.96 Å². The molecule has 2 N–H and O–H groups in total. The number of hydrogen-bond donors (Lipinski definition) is 2. The molecule has 1 atom stereocenters.